The lowest BCUT2D eigenvalue weighted by Gasteiger charge is -2.09. The average molecular weight is 253 g/mol. The predicted molar refractivity (Wildman–Crippen MR) is 70.5 cm³/mol. The zero-order valence-corrected chi connectivity index (χ0v) is 10.6. The van der Waals surface area contributed by atoms with Gasteiger partial charge in [0, 0.05) is 6.42 Å². The average Bonchev–Trinajstić information content (AvgIpc) is 2.27. The highest BCUT2D eigenvalue weighted by Gasteiger charge is 2.07. The van der Waals surface area contributed by atoms with Gasteiger partial charge in [0.25, 0.3) is 0 Å². The fraction of sp³-hybridized carbons (Fsp3) is 0.273. The molecule has 17 heavy (non-hydrogen) atoms. The molecule has 0 radical (unpaired) electrons. The van der Waals surface area contributed by atoms with E-state index in [9.17, 15) is 0 Å². The summed E-state index contributed by atoms with van der Waals surface area (Å²) in [6.07, 6.45) is 0.421. The minimum Gasteiger partial charge on any atom is -0.493 e. The summed E-state index contributed by atoms with van der Waals surface area (Å²) in [6.45, 7) is 0. The lowest BCUT2D eigenvalue weighted by Crippen LogP contribution is -2.09. The zero-order valence-electron chi connectivity index (χ0n) is 9.74. The van der Waals surface area contributed by atoms with Crippen LogP contribution in [0.2, 0.25) is 0 Å². The molecule has 0 aliphatic heterocycles. The molecule has 0 bridgehead atoms. The van der Waals surface area contributed by atoms with Crippen LogP contribution < -0.4 is 15.2 Å². The smallest absolute Gasteiger partial charge is 0.160 e. The van der Waals surface area contributed by atoms with Gasteiger partial charge in [0.2, 0.25) is 0 Å². The van der Waals surface area contributed by atoms with Gasteiger partial charge in [-0.2, -0.15) is 0 Å². The summed E-state index contributed by atoms with van der Waals surface area (Å²) in [4.78, 5) is 0. The van der Waals surface area contributed by atoms with Crippen LogP contribution in [-0.2, 0) is 6.42 Å². The van der Waals surface area contributed by atoms with Crippen molar-refractivity contribution in [3.63, 3.8) is 0 Å². The van der Waals surface area contributed by atoms with E-state index in [-0.39, 0.29) is 5.17 Å². The molecule has 5 nitrogen and oxygen atoms in total. The van der Waals surface area contributed by atoms with E-state index in [1.807, 2.05) is 12.1 Å². The van der Waals surface area contributed by atoms with Gasteiger partial charge in [-0.25, -0.2) is 0 Å². The van der Waals surface area contributed by atoms with E-state index in [4.69, 9.17) is 26.0 Å². The second kappa shape index (κ2) is 6.15. The summed E-state index contributed by atoms with van der Waals surface area (Å²) in [5.74, 6) is 1.28. The van der Waals surface area contributed by atoms with Crippen molar-refractivity contribution in [2.45, 2.75) is 6.42 Å². The van der Waals surface area contributed by atoms with Crippen molar-refractivity contribution in [1.29, 1.82) is 10.8 Å². The summed E-state index contributed by atoms with van der Waals surface area (Å²) in [6, 6.07) is 5.46. The molecule has 0 aromatic heterocycles. The Balaban J connectivity index is 2.79. The summed E-state index contributed by atoms with van der Waals surface area (Å²) in [7, 11) is 3.14. The molecular weight excluding hydrogens is 238 g/mol. The Kier molecular flexibility index (Phi) is 4.84. The van der Waals surface area contributed by atoms with Gasteiger partial charge in [0.05, 0.1) is 19.3 Å². The van der Waals surface area contributed by atoms with Crippen LogP contribution in [0.25, 0.3) is 0 Å². The minimum absolute atomic E-state index is 0.0736. The van der Waals surface area contributed by atoms with Crippen LogP contribution in [0.3, 0.4) is 0 Å². The number of amidine groups is 1. The third kappa shape index (κ3) is 3.99. The lowest BCUT2D eigenvalue weighted by molar-refractivity contribution is 0.354. The fourth-order valence-electron chi connectivity index (χ4n) is 1.34. The highest BCUT2D eigenvalue weighted by molar-refractivity contribution is 8.26. The van der Waals surface area contributed by atoms with E-state index in [1.54, 1.807) is 20.3 Å². The van der Waals surface area contributed by atoms with Gasteiger partial charge in [-0.15, -0.1) is 0 Å². The molecule has 0 heterocycles. The van der Waals surface area contributed by atoms with Crippen LogP contribution in [0.4, 0.5) is 0 Å². The van der Waals surface area contributed by atoms with Crippen LogP contribution >= 0.6 is 11.8 Å². The minimum atomic E-state index is -0.0736. The standard InChI is InChI=1S/C11H15N3O2S/c1-15-8-4-3-7(5-9(8)16-2)6-10(12)17-11(13)14/h3-5,12H,6H2,1-2H3,(H3,13,14). The number of hydrogen-bond acceptors (Lipinski definition) is 5. The highest BCUT2D eigenvalue weighted by Crippen LogP contribution is 2.28. The topological polar surface area (TPSA) is 92.2 Å². The van der Waals surface area contributed by atoms with E-state index >= 15 is 0 Å². The van der Waals surface area contributed by atoms with Crippen molar-refractivity contribution in [3.05, 3.63) is 23.8 Å². The van der Waals surface area contributed by atoms with Crippen LogP contribution in [-0.4, -0.2) is 24.4 Å². The number of ether oxygens (including phenoxy) is 2. The summed E-state index contributed by atoms with van der Waals surface area (Å²) in [5, 5.41) is 15.0. The largest absolute Gasteiger partial charge is 0.493 e. The molecule has 0 unspecified atom stereocenters. The highest BCUT2D eigenvalue weighted by atomic mass is 32.2. The number of thioether (sulfide) groups is 1. The molecule has 0 amide bonds. The normalized spacial score (nSPS) is 9.76. The van der Waals surface area contributed by atoms with E-state index in [0.29, 0.717) is 23.0 Å². The SMILES string of the molecule is COc1ccc(CC(=N)SC(=N)N)cc1OC. The molecule has 1 rings (SSSR count). The van der Waals surface area contributed by atoms with Gasteiger partial charge in [-0.05, 0) is 29.5 Å². The number of nitrogens with one attached hydrogen (secondary N) is 2. The number of hydrogen-bond donors (Lipinski definition) is 3. The van der Waals surface area contributed by atoms with Crippen molar-refractivity contribution in [2.24, 2.45) is 5.73 Å². The van der Waals surface area contributed by atoms with Crippen LogP contribution in [0, 0.1) is 10.8 Å². The van der Waals surface area contributed by atoms with E-state index < -0.39 is 0 Å². The van der Waals surface area contributed by atoms with E-state index in [1.165, 1.54) is 0 Å². The molecule has 0 aliphatic rings. The first-order valence-corrected chi connectivity index (χ1v) is 5.68. The maximum absolute atomic E-state index is 7.65. The number of methoxy groups -OCH3 is 2. The Bertz CT molecular complexity index is 435. The first kappa shape index (κ1) is 13.4. The predicted octanol–water partition coefficient (Wildman–Crippen LogP) is 1.85. The van der Waals surface area contributed by atoms with Crippen molar-refractivity contribution < 1.29 is 9.47 Å². The third-order valence-electron chi connectivity index (χ3n) is 2.05. The zero-order chi connectivity index (χ0) is 12.8. The molecule has 0 atom stereocenters. The second-order valence-corrected chi connectivity index (χ2v) is 4.39. The number of nitrogens with two attached hydrogens (primary N) is 1. The van der Waals surface area contributed by atoms with Crippen LogP contribution in [0.5, 0.6) is 11.5 Å². The van der Waals surface area contributed by atoms with Gasteiger partial charge in [0.15, 0.2) is 16.7 Å². The van der Waals surface area contributed by atoms with Gasteiger partial charge >= 0.3 is 0 Å². The molecular formula is C11H15N3O2S. The van der Waals surface area contributed by atoms with E-state index in [0.717, 1.165) is 17.3 Å². The van der Waals surface area contributed by atoms with Gasteiger partial charge in [0.1, 0.15) is 0 Å². The molecule has 0 saturated heterocycles. The summed E-state index contributed by atoms with van der Waals surface area (Å²) in [5.41, 5.74) is 6.13. The van der Waals surface area contributed by atoms with Crippen LogP contribution in [0.1, 0.15) is 5.56 Å². The molecule has 1 aromatic carbocycles. The van der Waals surface area contributed by atoms with Crippen molar-refractivity contribution in [3.8, 4) is 11.5 Å². The van der Waals surface area contributed by atoms with Crippen molar-refractivity contribution >= 4 is 22.0 Å². The van der Waals surface area contributed by atoms with Crippen molar-refractivity contribution in [2.75, 3.05) is 14.2 Å². The fourth-order valence-corrected chi connectivity index (χ4v) is 1.85. The summed E-state index contributed by atoms with van der Waals surface area (Å²) >= 11 is 0.945. The number of benzene rings is 1. The molecule has 0 spiro atoms. The molecule has 6 heteroatoms. The van der Waals surface area contributed by atoms with Crippen molar-refractivity contribution in [1.82, 2.24) is 0 Å². The molecule has 1 aromatic rings. The molecule has 92 valence electrons. The Morgan fingerprint density at radius 2 is 1.88 bits per heavy atom. The Morgan fingerprint density at radius 3 is 2.41 bits per heavy atom. The number of rotatable bonds is 4. The monoisotopic (exact) mass is 253 g/mol. The quantitative estimate of drug-likeness (QED) is 0.564. The second-order valence-electron chi connectivity index (χ2n) is 3.26. The summed E-state index contributed by atoms with van der Waals surface area (Å²) < 4.78 is 10.3. The Morgan fingerprint density at radius 1 is 1.24 bits per heavy atom. The Labute approximate surface area is 104 Å². The van der Waals surface area contributed by atoms with Crippen LogP contribution in [0.15, 0.2) is 18.2 Å². The first-order chi connectivity index (χ1) is 8.06. The lowest BCUT2D eigenvalue weighted by atomic mass is 10.1. The maximum atomic E-state index is 7.65. The Hall–Kier alpha value is -1.69. The van der Waals surface area contributed by atoms with Gasteiger partial charge in [-0.3, -0.25) is 10.8 Å². The molecule has 4 N–H and O–H groups in total. The van der Waals surface area contributed by atoms with Gasteiger partial charge in [-0.1, -0.05) is 6.07 Å². The molecule has 0 fully saturated rings. The van der Waals surface area contributed by atoms with E-state index in [2.05, 4.69) is 0 Å². The maximum Gasteiger partial charge on any atom is 0.160 e. The van der Waals surface area contributed by atoms with Gasteiger partial charge < -0.3 is 15.2 Å². The molecule has 0 aliphatic carbocycles. The molecule has 0 saturated carbocycles. The third-order valence-corrected chi connectivity index (χ3v) is 2.66. The first-order valence-electron chi connectivity index (χ1n) is 4.87.